The van der Waals surface area contributed by atoms with E-state index in [1.807, 2.05) is 20.8 Å². The van der Waals surface area contributed by atoms with Crippen molar-refractivity contribution in [2.24, 2.45) is 0 Å². The molecule has 0 aliphatic heterocycles. The van der Waals surface area contributed by atoms with Crippen LogP contribution < -0.4 is 11.2 Å². The number of aromatic nitrogens is 3. The molecule has 0 bridgehead atoms. The summed E-state index contributed by atoms with van der Waals surface area (Å²) in [6.45, 7) is 6.14. The van der Waals surface area contributed by atoms with E-state index in [1.165, 1.54) is 42.0 Å². The highest BCUT2D eigenvalue weighted by Gasteiger charge is 2.22. The van der Waals surface area contributed by atoms with Gasteiger partial charge in [-0.3, -0.25) is 23.9 Å². The second-order valence-electron chi connectivity index (χ2n) is 9.33. The molecular formula is C28H32FN3O6. The number of benzene rings is 1. The predicted molar refractivity (Wildman–Crippen MR) is 142 cm³/mol. The molecule has 0 radical (unpaired) electrons. The number of aromatic amines is 1. The number of H-pyrrole nitrogens is 1. The average molecular weight is 526 g/mol. The van der Waals surface area contributed by atoms with Crippen molar-refractivity contribution in [2.75, 3.05) is 7.11 Å². The van der Waals surface area contributed by atoms with Crippen LogP contribution in [0, 0.1) is 5.82 Å². The molecule has 9 nitrogen and oxygen atoms in total. The molecule has 10 heteroatoms. The summed E-state index contributed by atoms with van der Waals surface area (Å²) in [5.41, 5.74) is 1.01. The van der Waals surface area contributed by atoms with Crippen LogP contribution in [0.4, 0.5) is 4.39 Å². The normalized spacial score (nSPS) is 12.4. The highest BCUT2D eigenvalue weighted by atomic mass is 19.1. The number of aryl methyl sites for hydroxylation is 1. The second-order valence-corrected chi connectivity index (χ2v) is 9.33. The first kappa shape index (κ1) is 28.6. The fourth-order valence-corrected chi connectivity index (χ4v) is 4.20. The molecule has 0 aliphatic carbocycles. The maximum atomic E-state index is 13.8. The highest BCUT2D eigenvalue weighted by molar-refractivity contribution is 5.98. The Morgan fingerprint density at radius 3 is 2.50 bits per heavy atom. The standard InChI is InChI=1S/C28H32FN3O6/c1-5-6-13-32-26-24(27(36)31-28(32)37)23(17-7-9-18(29)10-8-17)21(25(30-26)16(2)3)12-11-19(33)14-20(34)15-22(35)38-4/h7-12,16,19,33H,5-6,13-15H2,1-4H3,(H,31,36,37)/b12-11+. The van der Waals surface area contributed by atoms with E-state index >= 15 is 0 Å². The van der Waals surface area contributed by atoms with E-state index in [-0.39, 0.29) is 23.4 Å². The van der Waals surface area contributed by atoms with Gasteiger partial charge in [0.15, 0.2) is 0 Å². The molecule has 0 fully saturated rings. The van der Waals surface area contributed by atoms with Crippen LogP contribution in [0.1, 0.15) is 63.6 Å². The van der Waals surface area contributed by atoms with E-state index in [1.54, 1.807) is 6.08 Å². The van der Waals surface area contributed by atoms with Gasteiger partial charge in [-0.15, -0.1) is 0 Å². The van der Waals surface area contributed by atoms with Gasteiger partial charge in [-0.05, 0) is 30.0 Å². The number of ether oxygens (including phenoxy) is 1. The van der Waals surface area contributed by atoms with Gasteiger partial charge in [0.05, 0.1) is 24.3 Å². The van der Waals surface area contributed by atoms with Crippen molar-refractivity contribution >= 4 is 28.9 Å². The fourth-order valence-electron chi connectivity index (χ4n) is 4.20. The number of Topliss-reactive ketones (excluding diaryl/α,β-unsaturated/α-hetero) is 1. The number of halogens is 1. The summed E-state index contributed by atoms with van der Waals surface area (Å²) in [6, 6.07) is 5.60. The first-order valence-corrected chi connectivity index (χ1v) is 12.5. The molecule has 202 valence electrons. The van der Waals surface area contributed by atoms with Crippen LogP contribution in [0.25, 0.3) is 28.2 Å². The molecule has 0 saturated heterocycles. The maximum absolute atomic E-state index is 13.8. The molecule has 2 heterocycles. The SMILES string of the molecule is CCCCn1c(=O)[nH]c(=O)c2c(-c3ccc(F)cc3)c(/C=C/C(O)CC(=O)CC(=O)OC)c(C(C)C)nc21. The smallest absolute Gasteiger partial charge is 0.329 e. The molecule has 0 saturated carbocycles. The lowest BCUT2D eigenvalue weighted by Crippen LogP contribution is -2.32. The summed E-state index contributed by atoms with van der Waals surface area (Å²) < 4.78 is 19.7. The van der Waals surface area contributed by atoms with Gasteiger partial charge < -0.3 is 9.84 Å². The van der Waals surface area contributed by atoms with Crippen LogP contribution in [0.3, 0.4) is 0 Å². The zero-order valence-electron chi connectivity index (χ0n) is 21.9. The van der Waals surface area contributed by atoms with Crippen molar-refractivity contribution in [1.82, 2.24) is 14.5 Å². The maximum Gasteiger partial charge on any atom is 0.329 e. The first-order valence-electron chi connectivity index (χ1n) is 12.5. The zero-order chi connectivity index (χ0) is 28.0. The number of nitrogens with one attached hydrogen (secondary N) is 1. The summed E-state index contributed by atoms with van der Waals surface area (Å²) in [7, 11) is 1.17. The number of nitrogens with zero attached hydrogens (tertiary/aromatic N) is 2. The number of unbranched alkanes of at least 4 members (excludes halogenated alkanes) is 1. The molecule has 0 amide bonds. The molecule has 3 aromatic rings. The summed E-state index contributed by atoms with van der Waals surface area (Å²) in [4.78, 5) is 56.5. The summed E-state index contributed by atoms with van der Waals surface area (Å²) in [6.07, 6.45) is 2.48. The molecule has 2 N–H and O–H groups in total. The van der Waals surface area contributed by atoms with E-state index < -0.39 is 41.3 Å². The summed E-state index contributed by atoms with van der Waals surface area (Å²) in [5, 5.41) is 10.7. The number of aliphatic hydroxyl groups is 1. The Bertz CT molecular complexity index is 1470. The van der Waals surface area contributed by atoms with Gasteiger partial charge in [0.1, 0.15) is 23.7 Å². The van der Waals surface area contributed by atoms with Crippen LogP contribution in [-0.2, 0) is 20.9 Å². The van der Waals surface area contributed by atoms with Crippen LogP contribution in [0.2, 0.25) is 0 Å². The lowest BCUT2D eigenvalue weighted by molar-refractivity contribution is -0.143. The van der Waals surface area contributed by atoms with E-state index in [2.05, 4.69) is 9.72 Å². The van der Waals surface area contributed by atoms with Crippen LogP contribution >= 0.6 is 0 Å². The number of fused-ring (bicyclic) bond motifs is 1. The molecule has 38 heavy (non-hydrogen) atoms. The third-order valence-electron chi connectivity index (χ3n) is 6.10. The minimum absolute atomic E-state index is 0.160. The highest BCUT2D eigenvalue weighted by Crippen LogP contribution is 2.35. The number of methoxy groups -OCH3 is 1. The molecule has 1 unspecified atom stereocenters. The van der Waals surface area contributed by atoms with Gasteiger partial charge in [0.2, 0.25) is 0 Å². The number of ketones is 1. The fraction of sp³-hybridized carbons (Fsp3) is 0.393. The van der Waals surface area contributed by atoms with Crippen LogP contribution in [-0.4, -0.2) is 44.6 Å². The quantitative estimate of drug-likeness (QED) is 0.288. The lowest BCUT2D eigenvalue weighted by Gasteiger charge is -2.19. The Morgan fingerprint density at radius 1 is 1.21 bits per heavy atom. The van der Waals surface area contributed by atoms with Crippen molar-refractivity contribution in [2.45, 2.75) is 65.0 Å². The Kier molecular flexibility index (Phi) is 9.46. The van der Waals surface area contributed by atoms with E-state index in [0.29, 0.717) is 35.3 Å². The molecule has 3 rings (SSSR count). The number of rotatable bonds is 11. The van der Waals surface area contributed by atoms with Gasteiger partial charge in [0, 0.05) is 24.1 Å². The Labute approximate surface area is 219 Å². The minimum Gasteiger partial charge on any atom is -0.469 e. The molecule has 0 aliphatic rings. The largest absolute Gasteiger partial charge is 0.469 e. The Balaban J connectivity index is 2.29. The number of carbonyl (C=O) groups is 2. The predicted octanol–water partition coefficient (Wildman–Crippen LogP) is 3.71. The zero-order valence-corrected chi connectivity index (χ0v) is 21.9. The molecule has 1 aromatic carbocycles. The van der Waals surface area contributed by atoms with Gasteiger partial charge in [0.25, 0.3) is 5.56 Å². The molecule has 2 aromatic heterocycles. The van der Waals surface area contributed by atoms with Crippen LogP contribution in [0.5, 0.6) is 0 Å². The van der Waals surface area contributed by atoms with E-state index in [0.717, 1.165) is 6.42 Å². The molecule has 1 atom stereocenters. The third kappa shape index (κ3) is 6.49. The van der Waals surface area contributed by atoms with Gasteiger partial charge in [-0.1, -0.05) is 51.5 Å². The minimum atomic E-state index is -1.22. The second kappa shape index (κ2) is 12.6. The van der Waals surface area contributed by atoms with Gasteiger partial charge >= 0.3 is 11.7 Å². The van der Waals surface area contributed by atoms with Crippen LogP contribution in [0.15, 0.2) is 39.9 Å². The summed E-state index contributed by atoms with van der Waals surface area (Å²) >= 11 is 0. The number of pyridine rings is 1. The average Bonchev–Trinajstić information content (AvgIpc) is 2.86. The number of hydrogen-bond donors (Lipinski definition) is 2. The van der Waals surface area contributed by atoms with Crippen molar-refractivity contribution in [1.29, 1.82) is 0 Å². The van der Waals surface area contributed by atoms with E-state index in [4.69, 9.17) is 4.98 Å². The lowest BCUT2D eigenvalue weighted by atomic mass is 9.91. The number of esters is 1. The molecular weight excluding hydrogens is 493 g/mol. The summed E-state index contributed by atoms with van der Waals surface area (Å²) in [5.74, 6) is -1.81. The van der Waals surface area contributed by atoms with Gasteiger partial charge in [-0.25, -0.2) is 14.2 Å². The Morgan fingerprint density at radius 2 is 1.89 bits per heavy atom. The number of aliphatic hydroxyl groups excluding tert-OH is 1. The Hall–Kier alpha value is -3.92. The van der Waals surface area contributed by atoms with E-state index in [9.17, 15) is 28.7 Å². The van der Waals surface area contributed by atoms with Crippen molar-refractivity contribution in [3.05, 3.63) is 68.3 Å². The third-order valence-corrected chi connectivity index (χ3v) is 6.10. The van der Waals surface area contributed by atoms with Crippen molar-refractivity contribution < 1.29 is 23.8 Å². The topological polar surface area (TPSA) is 131 Å². The monoisotopic (exact) mass is 525 g/mol. The first-order chi connectivity index (χ1) is 18.1. The van der Waals surface area contributed by atoms with Crippen molar-refractivity contribution in [3.63, 3.8) is 0 Å². The van der Waals surface area contributed by atoms with Gasteiger partial charge in [-0.2, -0.15) is 0 Å². The number of carbonyl (C=O) groups excluding carboxylic acids is 2. The number of hydrogen-bond acceptors (Lipinski definition) is 7. The van der Waals surface area contributed by atoms with Crippen molar-refractivity contribution in [3.8, 4) is 11.1 Å². The molecule has 0 spiro atoms.